The van der Waals surface area contributed by atoms with Crippen molar-refractivity contribution in [2.45, 2.75) is 38.1 Å². The van der Waals surface area contributed by atoms with Gasteiger partial charge in [0.25, 0.3) is 5.91 Å². The molecule has 1 aliphatic carbocycles. The molecule has 0 unspecified atom stereocenters. The topological polar surface area (TPSA) is 38.3 Å². The molecule has 0 atom stereocenters. The van der Waals surface area contributed by atoms with E-state index in [1.54, 1.807) is 0 Å². The number of hydrogen-bond acceptors (Lipinski definition) is 2. The van der Waals surface area contributed by atoms with Gasteiger partial charge in [0.15, 0.2) is 18.2 Å². The van der Waals surface area contributed by atoms with E-state index in [0.717, 1.165) is 37.8 Å². The summed E-state index contributed by atoms with van der Waals surface area (Å²) in [7, 11) is 0. The highest BCUT2D eigenvalue weighted by molar-refractivity contribution is 5.77. The summed E-state index contributed by atoms with van der Waals surface area (Å²) in [4.78, 5) is 11.6. The van der Waals surface area contributed by atoms with Crippen LogP contribution in [0, 0.1) is 11.6 Å². The average molecular weight is 269 g/mol. The third kappa shape index (κ3) is 4.19. The molecule has 1 fully saturated rings. The van der Waals surface area contributed by atoms with E-state index in [1.165, 1.54) is 12.5 Å². The maximum atomic E-state index is 12.9. The van der Waals surface area contributed by atoms with Crippen LogP contribution in [0.25, 0.3) is 0 Å². The van der Waals surface area contributed by atoms with E-state index in [9.17, 15) is 13.6 Å². The Morgan fingerprint density at radius 1 is 1.21 bits per heavy atom. The Kier molecular flexibility index (Phi) is 4.71. The molecule has 1 aliphatic rings. The normalized spacial score (nSPS) is 16.1. The lowest BCUT2D eigenvalue weighted by Crippen LogP contribution is -2.38. The minimum absolute atomic E-state index is 0.151. The highest BCUT2D eigenvalue weighted by Crippen LogP contribution is 2.18. The first-order valence-electron chi connectivity index (χ1n) is 6.52. The van der Waals surface area contributed by atoms with E-state index in [1.807, 2.05) is 0 Å². The summed E-state index contributed by atoms with van der Waals surface area (Å²) < 4.78 is 30.7. The maximum Gasteiger partial charge on any atom is 0.258 e. The first-order chi connectivity index (χ1) is 9.15. The van der Waals surface area contributed by atoms with Gasteiger partial charge in [-0.15, -0.1) is 0 Å². The quantitative estimate of drug-likeness (QED) is 0.912. The third-order valence-corrected chi connectivity index (χ3v) is 3.23. The molecule has 5 heteroatoms. The Labute approximate surface area is 111 Å². The van der Waals surface area contributed by atoms with Crippen LogP contribution < -0.4 is 10.1 Å². The number of hydrogen-bond donors (Lipinski definition) is 1. The van der Waals surface area contributed by atoms with Gasteiger partial charge in [-0.25, -0.2) is 8.78 Å². The van der Waals surface area contributed by atoms with Gasteiger partial charge in [-0.3, -0.25) is 4.79 Å². The Hall–Kier alpha value is -1.65. The fraction of sp³-hybridized carbons (Fsp3) is 0.500. The standard InChI is InChI=1S/C14H17F2NO2/c15-12-7-6-11(8-13(12)16)19-9-14(18)17-10-4-2-1-3-5-10/h6-8,10H,1-5,9H2,(H,17,18). The molecule has 0 aliphatic heterocycles. The number of rotatable bonds is 4. The van der Waals surface area contributed by atoms with Gasteiger partial charge in [-0.1, -0.05) is 19.3 Å². The van der Waals surface area contributed by atoms with Crippen molar-refractivity contribution in [2.24, 2.45) is 0 Å². The zero-order valence-electron chi connectivity index (χ0n) is 10.6. The molecule has 1 aromatic carbocycles. The second-order valence-corrected chi connectivity index (χ2v) is 4.77. The molecule has 3 nitrogen and oxygen atoms in total. The lowest BCUT2D eigenvalue weighted by molar-refractivity contribution is -0.124. The molecule has 1 saturated carbocycles. The summed E-state index contributed by atoms with van der Waals surface area (Å²) in [5.74, 6) is -1.99. The van der Waals surface area contributed by atoms with Gasteiger partial charge in [-0.05, 0) is 25.0 Å². The van der Waals surface area contributed by atoms with Gasteiger partial charge >= 0.3 is 0 Å². The zero-order chi connectivity index (χ0) is 13.7. The Balaban J connectivity index is 1.77. The van der Waals surface area contributed by atoms with Crippen LogP contribution in [0.1, 0.15) is 32.1 Å². The molecule has 19 heavy (non-hydrogen) atoms. The molecule has 0 heterocycles. The van der Waals surface area contributed by atoms with E-state index in [0.29, 0.717) is 0 Å². The van der Waals surface area contributed by atoms with E-state index in [4.69, 9.17) is 4.74 Å². The lowest BCUT2D eigenvalue weighted by Gasteiger charge is -2.22. The van der Waals surface area contributed by atoms with Crippen LogP contribution in [-0.4, -0.2) is 18.6 Å². The van der Waals surface area contributed by atoms with Gasteiger partial charge in [-0.2, -0.15) is 0 Å². The predicted octanol–water partition coefficient (Wildman–Crippen LogP) is 2.79. The monoisotopic (exact) mass is 269 g/mol. The number of carbonyl (C=O) groups is 1. The molecule has 0 spiro atoms. The van der Waals surface area contributed by atoms with Gasteiger partial charge in [0.2, 0.25) is 0 Å². The molecule has 0 bridgehead atoms. The van der Waals surface area contributed by atoms with Gasteiger partial charge in [0.05, 0.1) is 0 Å². The molecule has 2 rings (SSSR count). The number of benzene rings is 1. The summed E-state index contributed by atoms with van der Waals surface area (Å²) >= 11 is 0. The highest BCUT2D eigenvalue weighted by Gasteiger charge is 2.15. The van der Waals surface area contributed by atoms with Crippen molar-refractivity contribution in [3.63, 3.8) is 0 Å². The molecule has 0 radical (unpaired) electrons. The van der Waals surface area contributed by atoms with E-state index in [2.05, 4.69) is 5.32 Å². The van der Waals surface area contributed by atoms with Gasteiger partial charge in [0.1, 0.15) is 5.75 Å². The molecule has 0 saturated heterocycles. The minimum atomic E-state index is -0.981. The molecule has 104 valence electrons. The Bertz CT molecular complexity index is 445. The van der Waals surface area contributed by atoms with Crippen LogP contribution in [0.5, 0.6) is 5.75 Å². The van der Waals surface area contributed by atoms with Crippen molar-refractivity contribution >= 4 is 5.91 Å². The summed E-state index contributed by atoms with van der Waals surface area (Å²) in [6.45, 7) is -0.179. The molecule has 1 N–H and O–H groups in total. The van der Waals surface area contributed by atoms with Crippen molar-refractivity contribution in [3.8, 4) is 5.75 Å². The van der Waals surface area contributed by atoms with Crippen LogP contribution in [0.3, 0.4) is 0 Å². The van der Waals surface area contributed by atoms with Crippen molar-refractivity contribution in [1.29, 1.82) is 0 Å². The number of carbonyl (C=O) groups excluding carboxylic acids is 1. The van der Waals surface area contributed by atoms with E-state index >= 15 is 0 Å². The van der Waals surface area contributed by atoms with Crippen LogP contribution in [-0.2, 0) is 4.79 Å². The second kappa shape index (κ2) is 6.50. The second-order valence-electron chi connectivity index (χ2n) is 4.77. The van der Waals surface area contributed by atoms with Crippen LogP contribution >= 0.6 is 0 Å². The smallest absolute Gasteiger partial charge is 0.258 e. The summed E-state index contributed by atoms with van der Waals surface area (Å²) in [6.07, 6.45) is 5.48. The van der Waals surface area contributed by atoms with E-state index < -0.39 is 11.6 Å². The first kappa shape index (κ1) is 13.8. The lowest BCUT2D eigenvalue weighted by atomic mass is 9.95. The Morgan fingerprint density at radius 3 is 2.63 bits per heavy atom. The minimum Gasteiger partial charge on any atom is -0.484 e. The highest BCUT2D eigenvalue weighted by atomic mass is 19.2. The van der Waals surface area contributed by atoms with Gasteiger partial charge < -0.3 is 10.1 Å². The van der Waals surface area contributed by atoms with Crippen molar-refractivity contribution in [2.75, 3.05) is 6.61 Å². The van der Waals surface area contributed by atoms with Crippen molar-refractivity contribution in [1.82, 2.24) is 5.32 Å². The number of ether oxygens (including phenoxy) is 1. The van der Waals surface area contributed by atoms with Crippen LogP contribution in [0.4, 0.5) is 8.78 Å². The summed E-state index contributed by atoms with van der Waals surface area (Å²) in [5.41, 5.74) is 0. The molecule has 1 amide bonds. The fourth-order valence-electron chi connectivity index (χ4n) is 2.23. The maximum absolute atomic E-state index is 12.9. The van der Waals surface area contributed by atoms with E-state index in [-0.39, 0.29) is 24.3 Å². The SMILES string of the molecule is O=C(COc1ccc(F)c(F)c1)NC1CCCCC1. The molecule has 1 aromatic rings. The molecular weight excluding hydrogens is 252 g/mol. The third-order valence-electron chi connectivity index (χ3n) is 3.23. The number of nitrogens with one attached hydrogen (secondary N) is 1. The molecule has 0 aromatic heterocycles. The average Bonchev–Trinajstić information content (AvgIpc) is 2.41. The summed E-state index contributed by atoms with van der Waals surface area (Å²) in [5, 5.41) is 2.88. The Morgan fingerprint density at radius 2 is 1.95 bits per heavy atom. The number of amides is 1. The number of halogens is 2. The van der Waals surface area contributed by atoms with Crippen LogP contribution in [0.15, 0.2) is 18.2 Å². The summed E-state index contributed by atoms with van der Waals surface area (Å²) in [6, 6.07) is 3.42. The zero-order valence-corrected chi connectivity index (χ0v) is 10.6. The fourth-order valence-corrected chi connectivity index (χ4v) is 2.23. The largest absolute Gasteiger partial charge is 0.484 e. The van der Waals surface area contributed by atoms with Crippen molar-refractivity contribution in [3.05, 3.63) is 29.8 Å². The van der Waals surface area contributed by atoms with Crippen molar-refractivity contribution < 1.29 is 18.3 Å². The predicted molar refractivity (Wildman–Crippen MR) is 66.9 cm³/mol. The first-order valence-corrected chi connectivity index (χ1v) is 6.52. The molecular formula is C14H17F2NO2. The van der Waals surface area contributed by atoms with Crippen LogP contribution in [0.2, 0.25) is 0 Å². The van der Waals surface area contributed by atoms with Gasteiger partial charge in [0, 0.05) is 12.1 Å².